The first kappa shape index (κ1) is 12.9. The molecule has 0 heterocycles. The van der Waals surface area contributed by atoms with Gasteiger partial charge in [-0.05, 0) is 14.0 Å². The van der Waals surface area contributed by atoms with Gasteiger partial charge >= 0.3 is 0 Å². The molecule has 0 aliphatic heterocycles. The molecular formula is C10H19N3O. The number of nitrogens with zero attached hydrogens (tertiary/aromatic N) is 2. The smallest absolute Gasteiger partial charge is 0.223 e. The predicted molar refractivity (Wildman–Crippen MR) is 55.6 cm³/mol. The van der Waals surface area contributed by atoms with Crippen molar-refractivity contribution in [1.82, 2.24) is 10.2 Å². The van der Waals surface area contributed by atoms with E-state index in [1.165, 1.54) is 0 Å². The zero-order chi connectivity index (χ0) is 11.1. The number of carbonyl (C=O) groups is 1. The molecule has 0 aliphatic carbocycles. The Morgan fingerprint density at radius 1 is 1.57 bits per heavy atom. The van der Waals surface area contributed by atoms with Gasteiger partial charge < -0.3 is 10.2 Å². The Bertz CT molecular complexity index is 222. The Kier molecular flexibility index (Phi) is 5.89. The lowest BCUT2D eigenvalue weighted by Gasteiger charge is -2.25. The number of rotatable bonds is 5. The molecule has 4 nitrogen and oxygen atoms in total. The fourth-order valence-electron chi connectivity index (χ4n) is 1.23. The van der Waals surface area contributed by atoms with Crippen LogP contribution >= 0.6 is 0 Å². The fraction of sp³-hybridized carbons (Fsp3) is 0.800. The van der Waals surface area contributed by atoms with Gasteiger partial charge in [-0.25, -0.2) is 0 Å². The summed E-state index contributed by atoms with van der Waals surface area (Å²) in [6.07, 6.45) is 0.497. The van der Waals surface area contributed by atoms with Crippen molar-refractivity contribution < 1.29 is 4.79 Å². The summed E-state index contributed by atoms with van der Waals surface area (Å²) in [6, 6.07) is 2.32. The van der Waals surface area contributed by atoms with Crippen molar-refractivity contribution in [3.8, 4) is 6.07 Å². The summed E-state index contributed by atoms with van der Waals surface area (Å²) in [5.74, 6) is 0.00662. The first-order valence-electron chi connectivity index (χ1n) is 4.81. The van der Waals surface area contributed by atoms with Crippen LogP contribution in [0.2, 0.25) is 0 Å². The Morgan fingerprint density at radius 3 is 2.57 bits per heavy atom. The minimum absolute atomic E-state index is 0.0360. The Balaban J connectivity index is 3.99. The molecule has 0 aromatic heterocycles. The lowest BCUT2D eigenvalue weighted by Crippen LogP contribution is -2.38. The molecular weight excluding hydrogens is 178 g/mol. The molecule has 0 saturated heterocycles. The topological polar surface area (TPSA) is 56.1 Å². The third-order valence-electron chi connectivity index (χ3n) is 2.39. The summed E-state index contributed by atoms with van der Waals surface area (Å²) in [4.78, 5) is 13.3. The van der Waals surface area contributed by atoms with Crippen LogP contribution in [0, 0.1) is 17.2 Å². The molecule has 0 fully saturated rings. The molecule has 1 amide bonds. The van der Waals surface area contributed by atoms with Gasteiger partial charge in [-0.15, -0.1) is 0 Å². The molecule has 2 atom stereocenters. The lowest BCUT2D eigenvalue weighted by molar-refractivity contribution is -0.124. The lowest BCUT2D eigenvalue weighted by atomic mass is 10.1. The van der Waals surface area contributed by atoms with Gasteiger partial charge in [-0.1, -0.05) is 6.92 Å². The second-order valence-corrected chi connectivity index (χ2v) is 3.67. The highest BCUT2D eigenvalue weighted by Crippen LogP contribution is 2.04. The number of nitrogens with one attached hydrogen (secondary N) is 1. The number of amides is 1. The van der Waals surface area contributed by atoms with E-state index in [-0.39, 0.29) is 17.9 Å². The Labute approximate surface area is 85.9 Å². The summed E-state index contributed by atoms with van der Waals surface area (Å²) in [7, 11) is 3.57. The monoisotopic (exact) mass is 197 g/mol. The number of hydrogen-bond donors (Lipinski definition) is 1. The van der Waals surface area contributed by atoms with Crippen molar-refractivity contribution in [3.63, 3.8) is 0 Å². The highest BCUT2D eigenvalue weighted by Gasteiger charge is 2.16. The van der Waals surface area contributed by atoms with Crippen LogP contribution in [0.25, 0.3) is 0 Å². The maximum atomic E-state index is 11.2. The predicted octanol–water partition coefficient (Wildman–Crippen LogP) is 0.602. The fourth-order valence-corrected chi connectivity index (χ4v) is 1.23. The standard InChI is InChI=1S/C10H19N3O/c1-8(10(14)12-3)7-13(4)9(2)5-6-11/h8-9H,5,7H2,1-4H3,(H,12,14). The molecule has 0 bridgehead atoms. The maximum Gasteiger partial charge on any atom is 0.223 e. The van der Waals surface area contributed by atoms with Crippen molar-refractivity contribution in [1.29, 1.82) is 5.26 Å². The summed E-state index contributed by atoms with van der Waals surface area (Å²) in [6.45, 7) is 4.55. The quantitative estimate of drug-likeness (QED) is 0.702. The van der Waals surface area contributed by atoms with E-state index in [0.29, 0.717) is 13.0 Å². The van der Waals surface area contributed by atoms with E-state index in [0.717, 1.165) is 0 Å². The third kappa shape index (κ3) is 4.24. The van der Waals surface area contributed by atoms with E-state index in [9.17, 15) is 4.79 Å². The van der Waals surface area contributed by atoms with Crippen molar-refractivity contribution >= 4 is 5.91 Å². The molecule has 0 radical (unpaired) electrons. The first-order chi connectivity index (χ1) is 6.52. The molecule has 14 heavy (non-hydrogen) atoms. The molecule has 0 saturated carbocycles. The van der Waals surface area contributed by atoms with E-state index in [4.69, 9.17) is 5.26 Å². The van der Waals surface area contributed by atoms with E-state index < -0.39 is 0 Å². The van der Waals surface area contributed by atoms with Crippen molar-refractivity contribution in [2.24, 2.45) is 5.92 Å². The Hall–Kier alpha value is -1.08. The largest absolute Gasteiger partial charge is 0.359 e. The van der Waals surface area contributed by atoms with Gasteiger partial charge in [0, 0.05) is 25.6 Å². The van der Waals surface area contributed by atoms with Crippen LogP contribution in [-0.4, -0.2) is 37.5 Å². The summed E-state index contributed by atoms with van der Waals surface area (Å²) >= 11 is 0. The van der Waals surface area contributed by atoms with Crippen LogP contribution < -0.4 is 5.32 Å². The third-order valence-corrected chi connectivity index (χ3v) is 2.39. The second kappa shape index (κ2) is 6.39. The molecule has 4 heteroatoms. The molecule has 0 aromatic rings. The average molecular weight is 197 g/mol. The number of carbonyl (C=O) groups excluding carboxylic acids is 1. The number of hydrogen-bond acceptors (Lipinski definition) is 3. The van der Waals surface area contributed by atoms with Gasteiger partial charge in [0.2, 0.25) is 5.91 Å². The van der Waals surface area contributed by atoms with Crippen molar-refractivity contribution in [3.05, 3.63) is 0 Å². The zero-order valence-electron chi connectivity index (χ0n) is 9.37. The molecule has 2 unspecified atom stereocenters. The van der Waals surface area contributed by atoms with E-state index in [1.54, 1.807) is 7.05 Å². The summed E-state index contributed by atoms with van der Waals surface area (Å²) in [5.41, 5.74) is 0. The van der Waals surface area contributed by atoms with Crippen LogP contribution in [0.1, 0.15) is 20.3 Å². The minimum Gasteiger partial charge on any atom is -0.359 e. The summed E-state index contributed by atoms with van der Waals surface area (Å²) in [5, 5.41) is 11.1. The average Bonchev–Trinajstić information content (AvgIpc) is 2.16. The van der Waals surface area contributed by atoms with Crippen LogP contribution in [0.5, 0.6) is 0 Å². The van der Waals surface area contributed by atoms with E-state index in [2.05, 4.69) is 11.4 Å². The SMILES string of the molecule is CNC(=O)C(C)CN(C)C(C)CC#N. The molecule has 0 rings (SSSR count). The van der Waals surface area contributed by atoms with Crippen LogP contribution in [0.3, 0.4) is 0 Å². The zero-order valence-corrected chi connectivity index (χ0v) is 9.37. The highest BCUT2D eigenvalue weighted by molar-refractivity contribution is 5.78. The minimum atomic E-state index is -0.0360. The van der Waals surface area contributed by atoms with Gasteiger partial charge in [-0.3, -0.25) is 4.79 Å². The van der Waals surface area contributed by atoms with E-state index in [1.807, 2.05) is 25.8 Å². The molecule has 0 spiro atoms. The molecule has 1 N–H and O–H groups in total. The van der Waals surface area contributed by atoms with Gasteiger partial charge in [0.1, 0.15) is 0 Å². The maximum absolute atomic E-state index is 11.2. The van der Waals surface area contributed by atoms with Crippen molar-refractivity contribution in [2.75, 3.05) is 20.6 Å². The van der Waals surface area contributed by atoms with Gasteiger partial charge in [-0.2, -0.15) is 5.26 Å². The highest BCUT2D eigenvalue weighted by atomic mass is 16.1. The van der Waals surface area contributed by atoms with Crippen molar-refractivity contribution in [2.45, 2.75) is 26.3 Å². The second-order valence-electron chi connectivity index (χ2n) is 3.67. The van der Waals surface area contributed by atoms with Crippen LogP contribution in [-0.2, 0) is 4.79 Å². The van der Waals surface area contributed by atoms with E-state index >= 15 is 0 Å². The van der Waals surface area contributed by atoms with Gasteiger partial charge in [0.15, 0.2) is 0 Å². The van der Waals surface area contributed by atoms with Crippen LogP contribution in [0.15, 0.2) is 0 Å². The normalized spacial score (nSPS) is 14.6. The Morgan fingerprint density at radius 2 is 2.14 bits per heavy atom. The molecule has 0 aliphatic rings. The molecule has 80 valence electrons. The van der Waals surface area contributed by atoms with Crippen LogP contribution in [0.4, 0.5) is 0 Å². The first-order valence-corrected chi connectivity index (χ1v) is 4.81. The van der Waals surface area contributed by atoms with Gasteiger partial charge in [0.05, 0.1) is 12.5 Å². The van der Waals surface area contributed by atoms with Gasteiger partial charge in [0.25, 0.3) is 0 Å². The molecule has 0 aromatic carbocycles. The summed E-state index contributed by atoms with van der Waals surface area (Å²) < 4.78 is 0. The number of nitriles is 1.